The maximum absolute atomic E-state index is 12.6. The van der Waals surface area contributed by atoms with E-state index in [4.69, 9.17) is 4.74 Å². The highest BCUT2D eigenvalue weighted by Gasteiger charge is 2.31. The van der Waals surface area contributed by atoms with Gasteiger partial charge in [-0.1, -0.05) is 24.3 Å². The quantitative estimate of drug-likeness (QED) is 0.478. The zero-order valence-electron chi connectivity index (χ0n) is 16.8. The van der Waals surface area contributed by atoms with Crippen LogP contribution in [-0.4, -0.2) is 41.2 Å². The number of aromatic nitrogens is 2. The van der Waals surface area contributed by atoms with Crippen LogP contribution in [0.5, 0.6) is 11.5 Å². The fourth-order valence-corrected chi connectivity index (χ4v) is 2.73. The lowest BCUT2D eigenvalue weighted by Crippen LogP contribution is -2.21. The topological polar surface area (TPSA) is 88.5 Å². The summed E-state index contributed by atoms with van der Waals surface area (Å²) in [5.41, 5.74) is 1.39. The van der Waals surface area contributed by atoms with Crippen molar-refractivity contribution >= 4 is 17.5 Å². The van der Waals surface area contributed by atoms with Gasteiger partial charge < -0.3 is 25.2 Å². The molecule has 1 heterocycles. The Labute approximate surface area is 176 Å². The normalized spacial score (nSPS) is 12.2. The van der Waals surface area contributed by atoms with Crippen molar-refractivity contribution in [1.82, 2.24) is 9.97 Å². The van der Waals surface area contributed by atoms with Crippen LogP contribution in [0.3, 0.4) is 0 Å². The van der Waals surface area contributed by atoms with E-state index in [9.17, 15) is 18.3 Å². The molecule has 0 aliphatic carbocycles. The molecule has 164 valence electrons. The predicted molar refractivity (Wildman–Crippen MR) is 111 cm³/mol. The molecule has 3 N–H and O–H groups in total. The number of aliphatic hydroxyl groups excluding tert-OH is 1. The van der Waals surface area contributed by atoms with Crippen LogP contribution in [0, 0.1) is 0 Å². The van der Waals surface area contributed by atoms with Crippen LogP contribution in [-0.2, 0) is 0 Å². The summed E-state index contributed by atoms with van der Waals surface area (Å²) in [6.07, 6.45) is -4.80. The molecule has 3 aromatic rings. The number of hydrogen-bond acceptors (Lipinski definition) is 7. The third-order valence-corrected chi connectivity index (χ3v) is 4.11. The van der Waals surface area contributed by atoms with Crippen molar-refractivity contribution in [2.45, 2.75) is 19.3 Å². The van der Waals surface area contributed by atoms with E-state index >= 15 is 0 Å². The molecule has 3 rings (SSSR count). The maximum atomic E-state index is 12.6. The summed E-state index contributed by atoms with van der Waals surface area (Å²) in [5, 5.41) is 15.4. The minimum Gasteiger partial charge on any atom is -0.495 e. The van der Waals surface area contributed by atoms with Crippen molar-refractivity contribution in [3.8, 4) is 22.8 Å². The number of nitrogens with zero attached hydrogens (tertiary/aromatic N) is 2. The number of para-hydroxylation sites is 2. The van der Waals surface area contributed by atoms with Crippen LogP contribution < -0.4 is 20.1 Å². The molecule has 1 atom stereocenters. The van der Waals surface area contributed by atoms with Gasteiger partial charge in [-0.2, -0.15) is 4.98 Å². The summed E-state index contributed by atoms with van der Waals surface area (Å²) in [6, 6.07) is 13.9. The molecule has 7 nitrogen and oxygen atoms in total. The Balaban J connectivity index is 2.00. The summed E-state index contributed by atoms with van der Waals surface area (Å²) in [6.45, 7) is 1.58. The second kappa shape index (κ2) is 9.52. The molecule has 0 saturated heterocycles. The largest absolute Gasteiger partial charge is 0.573 e. The maximum Gasteiger partial charge on any atom is 0.573 e. The van der Waals surface area contributed by atoms with Gasteiger partial charge in [0.1, 0.15) is 17.3 Å². The van der Waals surface area contributed by atoms with Gasteiger partial charge in [-0.3, -0.25) is 0 Å². The molecule has 0 saturated carbocycles. The fraction of sp³-hybridized carbons (Fsp3) is 0.238. The molecule has 10 heteroatoms. The van der Waals surface area contributed by atoms with Crippen molar-refractivity contribution in [2.75, 3.05) is 24.4 Å². The van der Waals surface area contributed by atoms with Crippen LogP contribution in [0.2, 0.25) is 0 Å². The Hall–Kier alpha value is -3.53. The molecule has 0 fully saturated rings. The lowest BCUT2D eigenvalue weighted by molar-refractivity contribution is -0.274. The van der Waals surface area contributed by atoms with Gasteiger partial charge in [0.25, 0.3) is 0 Å². The lowest BCUT2D eigenvalue weighted by Gasteiger charge is -2.16. The zero-order valence-corrected chi connectivity index (χ0v) is 16.8. The minimum absolute atomic E-state index is 0.155. The molecule has 0 spiro atoms. The Kier molecular flexibility index (Phi) is 6.81. The lowest BCUT2D eigenvalue weighted by atomic mass is 10.1. The first-order valence-electron chi connectivity index (χ1n) is 9.30. The van der Waals surface area contributed by atoms with E-state index in [0.29, 0.717) is 28.5 Å². The number of methoxy groups -OCH3 is 1. The molecule has 0 amide bonds. The zero-order chi connectivity index (χ0) is 22.4. The fourth-order valence-electron chi connectivity index (χ4n) is 2.73. The van der Waals surface area contributed by atoms with Crippen LogP contribution in [0.25, 0.3) is 11.3 Å². The summed E-state index contributed by atoms with van der Waals surface area (Å²) in [7, 11) is 1.54. The summed E-state index contributed by atoms with van der Waals surface area (Å²) < 4.78 is 47.1. The SMILES string of the molecule is COc1ccccc1Nc1cc(-c2cccc(OC(F)(F)F)c2)nc(N[C@H](C)CO)n1. The average molecular weight is 434 g/mol. The third kappa shape index (κ3) is 6.22. The Morgan fingerprint density at radius 3 is 2.55 bits per heavy atom. The smallest absolute Gasteiger partial charge is 0.495 e. The monoisotopic (exact) mass is 434 g/mol. The molecule has 2 aromatic carbocycles. The molecule has 0 unspecified atom stereocenters. The molecule has 0 aliphatic heterocycles. The Morgan fingerprint density at radius 2 is 1.84 bits per heavy atom. The van der Waals surface area contributed by atoms with Gasteiger partial charge in [0.15, 0.2) is 0 Å². The Bertz CT molecular complexity index is 1030. The van der Waals surface area contributed by atoms with E-state index in [0.717, 1.165) is 0 Å². The first-order valence-corrected chi connectivity index (χ1v) is 9.30. The molecule has 0 aliphatic rings. The highest BCUT2D eigenvalue weighted by molar-refractivity contribution is 5.70. The van der Waals surface area contributed by atoms with Crippen molar-refractivity contribution in [2.24, 2.45) is 0 Å². The van der Waals surface area contributed by atoms with E-state index in [1.54, 1.807) is 31.2 Å². The molecular weight excluding hydrogens is 413 g/mol. The third-order valence-electron chi connectivity index (χ3n) is 4.11. The second-order valence-electron chi connectivity index (χ2n) is 6.59. The number of hydrogen-bond donors (Lipinski definition) is 3. The number of ether oxygens (including phenoxy) is 2. The molecule has 31 heavy (non-hydrogen) atoms. The highest BCUT2D eigenvalue weighted by atomic mass is 19.4. The van der Waals surface area contributed by atoms with Gasteiger partial charge in [0, 0.05) is 17.7 Å². The van der Waals surface area contributed by atoms with Gasteiger partial charge in [-0.25, -0.2) is 4.98 Å². The van der Waals surface area contributed by atoms with E-state index in [-0.39, 0.29) is 24.3 Å². The highest BCUT2D eigenvalue weighted by Crippen LogP contribution is 2.31. The van der Waals surface area contributed by atoms with E-state index in [1.807, 2.05) is 12.1 Å². The minimum atomic E-state index is -4.80. The number of alkyl halides is 3. The van der Waals surface area contributed by atoms with E-state index < -0.39 is 6.36 Å². The van der Waals surface area contributed by atoms with Gasteiger partial charge in [-0.05, 0) is 31.2 Å². The van der Waals surface area contributed by atoms with Crippen LogP contribution in [0.4, 0.5) is 30.6 Å². The van der Waals surface area contributed by atoms with Gasteiger partial charge in [-0.15, -0.1) is 13.2 Å². The molecular formula is C21H21F3N4O3. The number of nitrogens with one attached hydrogen (secondary N) is 2. The van der Waals surface area contributed by atoms with Crippen molar-refractivity contribution < 1.29 is 27.8 Å². The van der Waals surface area contributed by atoms with E-state index in [1.165, 1.54) is 25.3 Å². The molecule has 0 radical (unpaired) electrons. The average Bonchev–Trinajstić information content (AvgIpc) is 2.73. The Morgan fingerprint density at radius 1 is 1.06 bits per heavy atom. The second-order valence-corrected chi connectivity index (χ2v) is 6.59. The predicted octanol–water partition coefficient (Wildman–Crippen LogP) is 4.59. The van der Waals surface area contributed by atoms with Gasteiger partial charge in [0.2, 0.25) is 5.95 Å². The number of aliphatic hydroxyl groups is 1. The van der Waals surface area contributed by atoms with E-state index in [2.05, 4.69) is 25.3 Å². The van der Waals surface area contributed by atoms with Gasteiger partial charge >= 0.3 is 6.36 Å². The van der Waals surface area contributed by atoms with Crippen LogP contribution in [0.1, 0.15) is 6.92 Å². The molecule has 1 aromatic heterocycles. The number of benzene rings is 2. The number of rotatable bonds is 8. The molecule has 0 bridgehead atoms. The first kappa shape index (κ1) is 22.2. The summed E-state index contributed by atoms with van der Waals surface area (Å²) >= 11 is 0. The first-order chi connectivity index (χ1) is 14.8. The number of halogens is 3. The summed E-state index contributed by atoms with van der Waals surface area (Å²) in [4.78, 5) is 8.76. The van der Waals surface area contributed by atoms with Crippen molar-refractivity contribution in [3.63, 3.8) is 0 Å². The summed E-state index contributed by atoms with van der Waals surface area (Å²) in [5.74, 6) is 0.797. The van der Waals surface area contributed by atoms with Gasteiger partial charge in [0.05, 0.1) is 25.1 Å². The van der Waals surface area contributed by atoms with Crippen LogP contribution >= 0.6 is 0 Å². The number of anilines is 3. The standard InChI is InChI=1S/C21H21F3N4O3/c1-13(12-29)25-20-27-17(14-6-5-7-15(10-14)31-21(22,23)24)11-19(28-20)26-16-8-3-4-9-18(16)30-2/h3-11,13,29H,12H2,1-2H3,(H2,25,26,27,28)/t13-/m1/s1. The van der Waals surface area contributed by atoms with Crippen molar-refractivity contribution in [1.29, 1.82) is 0 Å². The van der Waals surface area contributed by atoms with Crippen molar-refractivity contribution in [3.05, 3.63) is 54.6 Å². The van der Waals surface area contributed by atoms with Crippen LogP contribution in [0.15, 0.2) is 54.6 Å².